The molecular weight excluding hydrogens is 1650 g/mol. The fourth-order valence-corrected chi connectivity index (χ4v) is 19.8. The van der Waals surface area contributed by atoms with E-state index < -0.39 is 65.6 Å². The van der Waals surface area contributed by atoms with Crippen molar-refractivity contribution in [2.45, 2.75) is 172 Å². The molecule has 1 saturated carbocycles. The number of azo groups is 1. The highest BCUT2D eigenvalue weighted by Gasteiger charge is 2.47. The van der Waals surface area contributed by atoms with E-state index in [1.165, 1.54) is 18.2 Å². The van der Waals surface area contributed by atoms with E-state index in [1.807, 2.05) is 150 Å². The molecule has 0 bridgehead atoms. The third-order valence-corrected chi connectivity index (χ3v) is 27.9. The number of benzene rings is 6. The van der Waals surface area contributed by atoms with Crippen LogP contribution in [0.25, 0.3) is 39.0 Å². The Morgan fingerprint density at radius 3 is 2.07 bits per heavy atom. The molecule has 1 unspecified atom stereocenters. The molecule has 1 saturated heterocycles. The maximum Gasteiger partial charge on any atom is 0.294 e. The molecule has 2 aromatic heterocycles. The molecule has 0 radical (unpaired) electrons. The third-order valence-electron chi connectivity index (χ3n) is 25.1. The summed E-state index contributed by atoms with van der Waals surface area (Å²) in [6.45, 7) is 22.3. The van der Waals surface area contributed by atoms with E-state index in [9.17, 15) is 49.9 Å². The molecule has 6 aromatic carbocycles. The van der Waals surface area contributed by atoms with Gasteiger partial charge in [0.25, 0.3) is 26.1 Å². The van der Waals surface area contributed by atoms with Crippen LogP contribution in [0.5, 0.6) is 0 Å². The van der Waals surface area contributed by atoms with Crippen molar-refractivity contribution >= 4 is 122 Å². The van der Waals surface area contributed by atoms with Crippen LogP contribution in [0.2, 0.25) is 0 Å². The molecule has 30 heteroatoms. The molecule has 5 aliphatic rings. The highest BCUT2D eigenvalue weighted by molar-refractivity contribution is 7.86. The summed E-state index contributed by atoms with van der Waals surface area (Å²) in [5, 5.41) is 26.4. The van der Waals surface area contributed by atoms with Gasteiger partial charge in [-0.25, -0.2) is 9.97 Å². The van der Waals surface area contributed by atoms with Crippen LogP contribution < -0.4 is 45.9 Å². The van der Waals surface area contributed by atoms with E-state index >= 15 is 0 Å². The van der Waals surface area contributed by atoms with Crippen molar-refractivity contribution in [2.24, 2.45) is 15.6 Å². The topological polar surface area (TPSA) is 328 Å². The molecule has 13 rings (SSSR count). The molecular formula is C96H120N16O11S3+2. The maximum absolute atomic E-state index is 14.9. The molecule has 8 aromatic rings. The van der Waals surface area contributed by atoms with E-state index in [2.05, 4.69) is 122 Å². The lowest BCUT2D eigenvalue weighted by molar-refractivity contribution is -0.538. The molecule has 5 amide bonds. The number of amides is 5. The van der Waals surface area contributed by atoms with E-state index in [0.717, 1.165) is 135 Å². The van der Waals surface area contributed by atoms with Crippen LogP contribution in [0.1, 0.15) is 161 Å². The number of carbonyl (C=O) groups is 5. The summed E-state index contributed by atoms with van der Waals surface area (Å²) in [5.41, 5.74) is 13.0. The summed E-state index contributed by atoms with van der Waals surface area (Å²) in [6, 6.07) is 41.4. The number of fused-ring (bicyclic) bond motifs is 3. The number of likely N-dealkylation sites (N-methyl/N-ethyl adjacent to an activating group) is 1. The van der Waals surface area contributed by atoms with Gasteiger partial charge in [0.05, 0.1) is 27.4 Å². The Kier molecular flexibility index (Phi) is 30.2. The van der Waals surface area contributed by atoms with Gasteiger partial charge < -0.3 is 51.1 Å². The summed E-state index contributed by atoms with van der Waals surface area (Å²) in [5.74, 6) is -1.60. The number of rotatable bonds is 38. The van der Waals surface area contributed by atoms with Crippen molar-refractivity contribution in [3.05, 3.63) is 209 Å². The summed E-state index contributed by atoms with van der Waals surface area (Å²) in [6.07, 6.45) is 20.4. The molecule has 126 heavy (non-hydrogen) atoms. The van der Waals surface area contributed by atoms with E-state index in [-0.39, 0.29) is 49.1 Å². The number of carbonyl (C=O) groups excluding carboxylic acids is 5. The Hall–Kier alpha value is -11.2. The van der Waals surface area contributed by atoms with Crippen molar-refractivity contribution in [3.63, 3.8) is 0 Å². The van der Waals surface area contributed by atoms with Crippen molar-refractivity contribution in [1.82, 2.24) is 46.4 Å². The minimum absolute atomic E-state index is 0.0740. The third kappa shape index (κ3) is 22.1. The van der Waals surface area contributed by atoms with Crippen molar-refractivity contribution < 1.29 is 59.1 Å². The number of anilines is 3. The zero-order valence-electron chi connectivity index (χ0n) is 73.8. The molecule has 7 N–H and O–H groups in total. The summed E-state index contributed by atoms with van der Waals surface area (Å²) in [4.78, 5) is 91.4. The number of nitrogens with one attached hydrogen (secondary N) is 5. The number of hydrogen-bond acceptors (Lipinski definition) is 19. The number of piperazine rings is 1. The van der Waals surface area contributed by atoms with Gasteiger partial charge in [-0.05, 0) is 190 Å². The van der Waals surface area contributed by atoms with Gasteiger partial charge >= 0.3 is 0 Å². The van der Waals surface area contributed by atoms with Crippen LogP contribution in [-0.2, 0) is 44.8 Å². The van der Waals surface area contributed by atoms with Crippen LogP contribution in [0.4, 0.5) is 33.6 Å². The molecule has 2 atom stereocenters. The molecule has 2 aliphatic carbocycles. The van der Waals surface area contributed by atoms with Gasteiger partial charge in [0.1, 0.15) is 34.4 Å². The van der Waals surface area contributed by atoms with Gasteiger partial charge in [-0.3, -0.25) is 33.1 Å². The zero-order chi connectivity index (χ0) is 89.5. The molecule has 3 aliphatic heterocycles. The smallest absolute Gasteiger partial charge is 0.294 e. The first-order valence-corrected chi connectivity index (χ1v) is 48.0. The Balaban J connectivity index is 0.599. The number of nitrogens with zero attached hydrogens (tertiary/aromatic N) is 11. The number of hydrogen-bond donors (Lipinski definition) is 7. The second-order valence-electron chi connectivity index (χ2n) is 34.3. The van der Waals surface area contributed by atoms with Crippen molar-refractivity contribution in [1.29, 1.82) is 0 Å². The molecule has 666 valence electrons. The number of thiazole rings is 1. The van der Waals surface area contributed by atoms with Gasteiger partial charge in [0.15, 0.2) is 10.8 Å². The number of unbranched alkanes of at least 4 members (excludes halogenated alkanes) is 3. The van der Waals surface area contributed by atoms with Gasteiger partial charge in [-0.15, -0.1) is 15.9 Å². The fraction of sp³-hybridized carbons (Fsp3) is 0.427. The predicted octanol–water partition coefficient (Wildman–Crippen LogP) is 14.9. The van der Waals surface area contributed by atoms with Crippen LogP contribution in [-0.4, -0.2) is 195 Å². The highest BCUT2D eigenvalue weighted by atomic mass is 32.2. The number of allylic oxidation sites excluding steroid dienone is 7. The molecule has 2 fully saturated rings. The predicted molar refractivity (Wildman–Crippen MR) is 499 cm³/mol. The van der Waals surface area contributed by atoms with Gasteiger partial charge in [-0.2, -0.15) is 31.6 Å². The number of para-hydroxylation sites is 1. The highest BCUT2D eigenvalue weighted by Crippen LogP contribution is 2.51. The minimum atomic E-state index is -4.41. The average molecular weight is 1770 g/mol. The zero-order valence-corrected chi connectivity index (χ0v) is 76.2. The summed E-state index contributed by atoms with van der Waals surface area (Å²) in [7, 11) is -4.68. The molecule has 27 nitrogen and oxygen atoms in total. The first-order chi connectivity index (χ1) is 60.5. The fourth-order valence-electron chi connectivity index (χ4n) is 17.8. The second kappa shape index (κ2) is 41.1. The lowest BCUT2D eigenvalue weighted by Crippen LogP contribution is -2.62. The van der Waals surface area contributed by atoms with E-state index in [0.29, 0.717) is 114 Å². The van der Waals surface area contributed by atoms with Gasteiger partial charge in [-0.1, -0.05) is 94.2 Å². The first-order valence-electron chi connectivity index (χ1n) is 44.2. The Bertz CT molecular complexity index is 5770. The molecule has 0 spiro atoms. The SMILES string of the molecule is CCN(CC)c1ccc2nc3ccc(N=Nc4ccc(N(C)CCCC(=O)NCCCC[C@H](NC(=O)C5(NC(=O)c6ccc(-c7csc(N8CCN(C)CC8)n7)cc6)CCCCC5)C(=O)NCCNC(=O)CCCCCN5C(=CC=CC=CC6=[N+](CC)c7ccc(S(=O)(=O)O)cc7C6(C)C)C(C)(C)C6=C5C=CC(S(=O)(=O)O)C6)cc4)cc3[n+](-c3ccccc3)c2c1. The van der Waals surface area contributed by atoms with Crippen molar-refractivity contribution in [3.8, 4) is 16.9 Å². The first kappa shape index (κ1) is 92.5. The van der Waals surface area contributed by atoms with Crippen LogP contribution >= 0.6 is 11.3 Å². The van der Waals surface area contributed by atoms with Crippen molar-refractivity contribution in [2.75, 3.05) is 107 Å². The van der Waals surface area contributed by atoms with Gasteiger partial charge in [0, 0.05) is 179 Å². The Labute approximate surface area is 744 Å². The lowest BCUT2D eigenvalue weighted by Gasteiger charge is -2.37. The molecule has 5 heterocycles. The Morgan fingerprint density at radius 2 is 1.37 bits per heavy atom. The summed E-state index contributed by atoms with van der Waals surface area (Å²) >= 11 is 1.60. The van der Waals surface area contributed by atoms with Crippen LogP contribution in [0.3, 0.4) is 0 Å². The summed E-state index contributed by atoms with van der Waals surface area (Å²) < 4.78 is 73.6. The normalized spacial score (nSPS) is 17.5. The number of aromatic nitrogens is 3. The largest absolute Gasteiger partial charge is 0.375 e. The van der Waals surface area contributed by atoms with Crippen LogP contribution in [0, 0.1) is 5.41 Å². The Morgan fingerprint density at radius 1 is 0.690 bits per heavy atom. The standard InChI is InChI=1S/C96H118N16O11S3/c1-10-108(11-2)73-44-48-79-85(63-73)112(72-28-17-13-18-29-72)84-62-70(41-47-78(84)100-79)105-104-69-39-42-71(43-40-69)107(9)56-27-34-89(114)97-53-25-22-30-80(101-92(117)96(51-23-16-24-52-96)103-90(115)68-37-35-67(36-38-68)81-66-124-93(102-81)109-60-58-106(8)59-61-109)91(116)99-55-54-98-88(113)33-21-15-26-57-111-83-50-46-75(126(121,122)123)65-77(83)95(6,7)87(111)32-20-14-19-31-86-94(4,5)76-64-74(125(118,119)120)45-49-82(76)110(86)12-3/h13-14,17-20,28-29,31-32,35-50,62-64,66,75,80H,10-12,15-16,21-27,30,33-34,51-61,65H2,1-9H3,(H5-2,97,98,99,101,103,113,114,115,116,117,118,119,120,121,122,123)/p+2/t75?,80-/m0/s1. The van der Waals surface area contributed by atoms with E-state index in [1.54, 1.807) is 35.6 Å². The monoisotopic (exact) mass is 1770 g/mol. The second-order valence-corrected chi connectivity index (χ2v) is 38.2. The van der Waals surface area contributed by atoms with E-state index in [4.69, 9.17) is 9.97 Å². The lowest BCUT2D eigenvalue weighted by atomic mass is 9.79. The average Bonchev–Trinajstić information content (AvgIpc) is 1.69. The maximum atomic E-state index is 14.9. The van der Waals surface area contributed by atoms with Gasteiger partial charge in [0.2, 0.25) is 46.0 Å². The van der Waals surface area contributed by atoms with Crippen LogP contribution in [0.15, 0.2) is 213 Å². The quantitative estimate of drug-likeness (QED) is 0.00472. The minimum Gasteiger partial charge on any atom is -0.375 e.